The number of aromatic nitrogens is 3. The highest BCUT2D eigenvalue weighted by Crippen LogP contribution is 1.94. The van der Waals surface area contributed by atoms with E-state index in [0.29, 0.717) is 0 Å². The molecule has 0 radical (unpaired) electrons. The van der Waals surface area contributed by atoms with E-state index in [0.717, 1.165) is 25.3 Å². The molecule has 1 aromatic heterocycles. The van der Waals surface area contributed by atoms with Crippen LogP contribution in [0.1, 0.15) is 19.2 Å². The Morgan fingerprint density at radius 3 is 3.00 bits per heavy atom. The summed E-state index contributed by atoms with van der Waals surface area (Å²) in [4.78, 5) is 0. The van der Waals surface area contributed by atoms with E-state index in [-0.39, 0.29) is 0 Å². The van der Waals surface area contributed by atoms with Gasteiger partial charge in [0.1, 0.15) is 12.2 Å². The average molecular weight is 180 g/mol. The third kappa shape index (κ3) is 3.38. The Morgan fingerprint density at radius 1 is 1.69 bits per heavy atom. The van der Waals surface area contributed by atoms with E-state index in [4.69, 9.17) is 0 Å². The van der Waals surface area contributed by atoms with Gasteiger partial charge in [-0.3, -0.25) is 0 Å². The van der Waals surface area contributed by atoms with Gasteiger partial charge in [-0.15, -0.1) is 16.8 Å². The number of nitrogens with zero attached hydrogens (tertiary/aromatic N) is 3. The summed E-state index contributed by atoms with van der Waals surface area (Å²) in [5.74, 6) is 0.960. The maximum Gasteiger partial charge on any atom is 0.146 e. The van der Waals surface area contributed by atoms with Gasteiger partial charge in [-0.25, -0.2) is 0 Å². The van der Waals surface area contributed by atoms with Crippen LogP contribution in [0, 0.1) is 0 Å². The fourth-order valence-electron chi connectivity index (χ4n) is 0.969. The Labute approximate surface area is 78.7 Å². The maximum atomic E-state index is 3.96. The highest BCUT2D eigenvalue weighted by Gasteiger charge is 1.98. The predicted octanol–water partition coefficient (Wildman–Crippen LogP) is 0.871. The molecule has 1 heterocycles. The van der Waals surface area contributed by atoms with Crippen molar-refractivity contribution in [3.8, 4) is 0 Å². The van der Waals surface area contributed by atoms with Gasteiger partial charge in [-0.2, -0.15) is 0 Å². The van der Waals surface area contributed by atoms with Crippen molar-refractivity contribution in [2.45, 2.75) is 19.9 Å². The number of hydrogen-bond acceptors (Lipinski definition) is 3. The minimum atomic E-state index is 0.768. The van der Waals surface area contributed by atoms with Gasteiger partial charge in [0.15, 0.2) is 0 Å². The molecule has 0 fully saturated rings. The summed E-state index contributed by atoms with van der Waals surface area (Å²) in [6.07, 6.45) is 2.72. The maximum absolute atomic E-state index is 3.96. The molecular weight excluding hydrogens is 164 g/mol. The van der Waals surface area contributed by atoms with Crippen molar-refractivity contribution in [2.24, 2.45) is 7.05 Å². The first-order valence-electron chi connectivity index (χ1n) is 4.38. The van der Waals surface area contributed by atoms with E-state index in [1.54, 1.807) is 6.33 Å². The second kappa shape index (κ2) is 4.77. The Hall–Kier alpha value is -1.16. The topological polar surface area (TPSA) is 42.7 Å². The zero-order valence-corrected chi connectivity index (χ0v) is 8.25. The van der Waals surface area contributed by atoms with Crippen LogP contribution in [0.15, 0.2) is 18.5 Å². The van der Waals surface area contributed by atoms with Crippen LogP contribution in [0.4, 0.5) is 0 Å². The van der Waals surface area contributed by atoms with Crippen LogP contribution in [0.5, 0.6) is 0 Å². The van der Waals surface area contributed by atoms with Crippen LogP contribution in [-0.4, -0.2) is 21.3 Å². The van der Waals surface area contributed by atoms with Crippen molar-refractivity contribution in [1.82, 2.24) is 20.1 Å². The molecule has 0 aliphatic rings. The van der Waals surface area contributed by atoms with Gasteiger partial charge >= 0.3 is 0 Å². The summed E-state index contributed by atoms with van der Waals surface area (Å²) in [7, 11) is 1.94. The van der Waals surface area contributed by atoms with Crippen molar-refractivity contribution in [1.29, 1.82) is 0 Å². The van der Waals surface area contributed by atoms with Crippen LogP contribution >= 0.6 is 0 Å². The second-order valence-electron chi connectivity index (χ2n) is 3.24. The largest absolute Gasteiger partial charge is 0.320 e. The molecule has 0 amide bonds. The van der Waals surface area contributed by atoms with E-state index in [9.17, 15) is 0 Å². The highest BCUT2D eigenvalue weighted by molar-refractivity contribution is 4.89. The third-order valence-electron chi connectivity index (χ3n) is 1.82. The van der Waals surface area contributed by atoms with Crippen LogP contribution in [0.2, 0.25) is 0 Å². The lowest BCUT2D eigenvalue weighted by molar-refractivity contribution is 0.635. The van der Waals surface area contributed by atoms with Crippen molar-refractivity contribution >= 4 is 0 Å². The lowest BCUT2D eigenvalue weighted by Gasteiger charge is -2.03. The molecule has 4 heteroatoms. The molecule has 0 atom stereocenters. The predicted molar refractivity (Wildman–Crippen MR) is 52.1 cm³/mol. The quantitative estimate of drug-likeness (QED) is 0.540. The van der Waals surface area contributed by atoms with Gasteiger partial charge in [0.25, 0.3) is 0 Å². The van der Waals surface area contributed by atoms with Gasteiger partial charge < -0.3 is 9.88 Å². The molecule has 0 aliphatic carbocycles. The number of nitrogens with one attached hydrogen (secondary N) is 1. The van der Waals surface area contributed by atoms with E-state index in [1.807, 2.05) is 18.5 Å². The molecule has 1 N–H and O–H groups in total. The Bertz CT molecular complexity index is 277. The second-order valence-corrected chi connectivity index (χ2v) is 3.24. The van der Waals surface area contributed by atoms with Crippen LogP contribution in [-0.2, 0) is 13.6 Å². The molecule has 72 valence electrons. The zero-order chi connectivity index (χ0) is 9.68. The van der Waals surface area contributed by atoms with E-state index >= 15 is 0 Å². The van der Waals surface area contributed by atoms with Gasteiger partial charge in [-0.1, -0.05) is 5.57 Å². The summed E-state index contributed by atoms with van der Waals surface area (Å²) in [5, 5.41) is 11.0. The molecule has 0 saturated heterocycles. The van der Waals surface area contributed by atoms with E-state index < -0.39 is 0 Å². The minimum absolute atomic E-state index is 0.768. The van der Waals surface area contributed by atoms with Crippen molar-refractivity contribution in [2.75, 3.05) is 6.54 Å². The van der Waals surface area contributed by atoms with E-state index in [1.165, 1.54) is 5.57 Å². The third-order valence-corrected chi connectivity index (χ3v) is 1.82. The molecule has 0 spiro atoms. The molecule has 0 bridgehead atoms. The van der Waals surface area contributed by atoms with Crippen molar-refractivity contribution < 1.29 is 0 Å². The van der Waals surface area contributed by atoms with E-state index in [2.05, 4.69) is 22.1 Å². The summed E-state index contributed by atoms with van der Waals surface area (Å²) in [6, 6.07) is 0. The number of rotatable bonds is 5. The Balaban J connectivity index is 2.20. The summed E-state index contributed by atoms with van der Waals surface area (Å²) in [5.41, 5.74) is 1.20. The van der Waals surface area contributed by atoms with Crippen molar-refractivity contribution in [3.05, 3.63) is 24.3 Å². The van der Waals surface area contributed by atoms with Gasteiger partial charge in [-0.05, 0) is 19.9 Å². The van der Waals surface area contributed by atoms with Gasteiger partial charge in [0.05, 0.1) is 6.54 Å². The fourth-order valence-corrected chi connectivity index (χ4v) is 0.969. The molecule has 1 rings (SSSR count). The van der Waals surface area contributed by atoms with Crippen molar-refractivity contribution in [3.63, 3.8) is 0 Å². The Kier molecular flexibility index (Phi) is 3.64. The molecule has 0 unspecified atom stereocenters. The normalized spacial score (nSPS) is 10.3. The monoisotopic (exact) mass is 180 g/mol. The molecule has 0 aliphatic heterocycles. The molecule has 13 heavy (non-hydrogen) atoms. The fraction of sp³-hybridized carbons (Fsp3) is 0.556. The van der Waals surface area contributed by atoms with Crippen LogP contribution < -0.4 is 5.32 Å². The van der Waals surface area contributed by atoms with Crippen LogP contribution in [0.3, 0.4) is 0 Å². The number of hydrogen-bond donors (Lipinski definition) is 1. The molecule has 1 aromatic rings. The standard InChI is InChI=1S/C9H16N4/c1-8(2)4-5-10-6-9-12-11-7-13(9)3/h7,10H,1,4-6H2,2-3H3. The summed E-state index contributed by atoms with van der Waals surface area (Å²) < 4.78 is 1.91. The van der Waals surface area contributed by atoms with Gasteiger partial charge in [0.2, 0.25) is 0 Å². The lowest BCUT2D eigenvalue weighted by Crippen LogP contribution is -2.17. The summed E-state index contributed by atoms with van der Waals surface area (Å²) >= 11 is 0. The molecule has 0 aromatic carbocycles. The Morgan fingerprint density at radius 2 is 2.46 bits per heavy atom. The zero-order valence-electron chi connectivity index (χ0n) is 8.25. The van der Waals surface area contributed by atoms with Gasteiger partial charge in [0, 0.05) is 7.05 Å². The lowest BCUT2D eigenvalue weighted by atomic mass is 10.2. The summed E-state index contributed by atoms with van der Waals surface area (Å²) in [6.45, 7) is 7.58. The molecule has 0 saturated carbocycles. The highest BCUT2D eigenvalue weighted by atomic mass is 15.3. The SMILES string of the molecule is C=C(C)CCNCc1nncn1C. The first kappa shape index (κ1) is 9.92. The average Bonchev–Trinajstić information content (AvgIpc) is 2.45. The first-order chi connectivity index (χ1) is 6.20. The number of aryl methyl sites for hydroxylation is 1. The molecule has 4 nitrogen and oxygen atoms in total. The molecular formula is C9H16N4. The smallest absolute Gasteiger partial charge is 0.146 e. The van der Waals surface area contributed by atoms with Crippen LogP contribution in [0.25, 0.3) is 0 Å². The first-order valence-corrected chi connectivity index (χ1v) is 4.38. The minimum Gasteiger partial charge on any atom is -0.320 e.